The molecule has 4 aromatic rings. The predicted octanol–water partition coefficient (Wildman–Crippen LogP) is 6.15. The van der Waals surface area contributed by atoms with E-state index in [1.807, 2.05) is 30.3 Å². The van der Waals surface area contributed by atoms with Crippen LogP contribution in [0.4, 0.5) is 8.78 Å². The summed E-state index contributed by atoms with van der Waals surface area (Å²) in [7, 11) is 0. The second kappa shape index (κ2) is 8.38. The first-order chi connectivity index (χ1) is 15.6. The Balaban J connectivity index is 1.40. The minimum absolute atomic E-state index is 0.0823. The van der Waals surface area contributed by atoms with Gasteiger partial charge in [-0.3, -0.25) is 4.79 Å². The van der Waals surface area contributed by atoms with Gasteiger partial charge in [0.15, 0.2) is 17.2 Å². The first kappa shape index (κ1) is 20.1. The lowest BCUT2D eigenvalue weighted by Gasteiger charge is -2.20. The fraction of sp³-hybridized carbons (Fsp3) is 0.154. The number of amides is 1. The van der Waals surface area contributed by atoms with Crippen molar-refractivity contribution >= 4 is 23.1 Å². The highest BCUT2D eigenvalue weighted by Gasteiger charge is 2.32. The number of aromatic nitrogens is 1. The van der Waals surface area contributed by atoms with Gasteiger partial charge in [-0.15, -0.1) is 0 Å². The molecule has 0 aliphatic carbocycles. The molecule has 32 heavy (non-hydrogen) atoms. The maximum Gasteiger partial charge on any atom is 0.247 e. The topological polar surface area (TPSA) is 46.3 Å². The maximum atomic E-state index is 13.6. The number of hydrogen-bond acceptors (Lipinski definition) is 3. The van der Waals surface area contributed by atoms with Gasteiger partial charge < -0.3 is 9.32 Å². The van der Waals surface area contributed by atoms with Crippen LogP contribution in [-0.4, -0.2) is 22.3 Å². The smallest absolute Gasteiger partial charge is 0.247 e. The summed E-state index contributed by atoms with van der Waals surface area (Å²) >= 11 is 0. The van der Waals surface area contributed by atoms with E-state index in [1.54, 1.807) is 35.3 Å². The number of benzene rings is 3. The summed E-state index contributed by atoms with van der Waals surface area (Å²) in [5.74, 6) is -1.37. The third-order valence-electron chi connectivity index (χ3n) is 5.70. The van der Waals surface area contributed by atoms with Gasteiger partial charge in [-0.05, 0) is 59.9 Å². The lowest BCUT2D eigenvalue weighted by molar-refractivity contribution is -0.127. The molecule has 1 fully saturated rings. The van der Waals surface area contributed by atoms with E-state index in [4.69, 9.17) is 4.42 Å². The van der Waals surface area contributed by atoms with Gasteiger partial charge in [0.05, 0.1) is 0 Å². The second-order valence-electron chi connectivity index (χ2n) is 7.80. The Morgan fingerprint density at radius 1 is 1.00 bits per heavy atom. The SMILES string of the molecule is O=C(/C=C/c1ccccc1)N1CCCC1c1nc2cc(-c3ccc(F)c(F)c3)ccc2o1. The molecule has 1 unspecified atom stereocenters. The number of fused-ring (bicyclic) bond motifs is 1. The molecule has 0 bridgehead atoms. The van der Waals surface area contributed by atoms with Crippen LogP contribution in [-0.2, 0) is 4.79 Å². The van der Waals surface area contributed by atoms with Crippen molar-refractivity contribution in [2.45, 2.75) is 18.9 Å². The molecule has 1 aromatic heterocycles. The van der Waals surface area contributed by atoms with Crippen LogP contribution in [0.15, 0.2) is 77.2 Å². The molecule has 0 saturated carbocycles. The van der Waals surface area contributed by atoms with Gasteiger partial charge in [-0.25, -0.2) is 13.8 Å². The average molecular weight is 430 g/mol. The molecule has 4 nitrogen and oxygen atoms in total. The van der Waals surface area contributed by atoms with E-state index in [0.717, 1.165) is 30.5 Å². The van der Waals surface area contributed by atoms with Crippen molar-refractivity contribution in [3.63, 3.8) is 0 Å². The Labute approximate surface area is 183 Å². The largest absolute Gasteiger partial charge is 0.438 e. The zero-order valence-electron chi connectivity index (χ0n) is 17.2. The highest BCUT2D eigenvalue weighted by atomic mass is 19.2. The summed E-state index contributed by atoms with van der Waals surface area (Å²) in [6, 6.07) is 18.6. The van der Waals surface area contributed by atoms with Crippen LogP contribution in [0, 0.1) is 11.6 Å². The summed E-state index contributed by atoms with van der Waals surface area (Å²) < 4.78 is 32.8. The van der Waals surface area contributed by atoms with Gasteiger partial charge in [0.25, 0.3) is 0 Å². The zero-order chi connectivity index (χ0) is 22.1. The molecular formula is C26H20F2N2O2. The summed E-state index contributed by atoms with van der Waals surface area (Å²) in [5, 5.41) is 0. The van der Waals surface area contributed by atoms with Crippen LogP contribution in [0.2, 0.25) is 0 Å². The molecule has 160 valence electrons. The molecule has 1 saturated heterocycles. The van der Waals surface area contributed by atoms with Crippen LogP contribution < -0.4 is 0 Å². The molecule has 1 atom stereocenters. The van der Waals surface area contributed by atoms with Crippen molar-refractivity contribution in [2.24, 2.45) is 0 Å². The van der Waals surface area contributed by atoms with Crippen LogP contribution in [0.3, 0.4) is 0 Å². The lowest BCUT2D eigenvalue weighted by atomic mass is 10.1. The molecule has 1 aliphatic heterocycles. The number of carbonyl (C=O) groups is 1. The molecule has 1 aliphatic rings. The van der Waals surface area contributed by atoms with Gasteiger partial charge in [0.2, 0.25) is 11.8 Å². The number of rotatable bonds is 4. The molecule has 0 radical (unpaired) electrons. The molecule has 2 heterocycles. The molecule has 6 heteroatoms. The number of likely N-dealkylation sites (tertiary alicyclic amines) is 1. The van der Waals surface area contributed by atoms with Crippen LogP contribution in [0.25, 0.3) is 28.3 Å². The highest BCUT2D eigenvalue weighted by Crippen LogP contribution is 2.34. The number of carbonyl (C=O) groups excluding carboxylic acids is 1. The standard InChI is InChI=1S/C26H20F2N2O2/c27-20-11-9-18(15-21(20)28)19-10-12-24-22(16-19)29-26(32-24)23-7-4-14-30(23)25(31)13-8-17-5-2-1-3-6-17/h1-3,5-6,8-13,15-16,23H,4,7,14H2/b13-8+. The van der Waals surface area contributed by atoms with E-state index in [-0.39, 0.29) is 11.9 Å². The fourth-order valence-electron chi connectivity index (χ4n) is 4.06. The van der Waals surface area contributed by atoms with Crippen LogP contribution >= 0.6 is 0 Å². The summed E-state index contributed by atoms with van der Waals surface area (Å²) in [4.78, 5) is 19.2. The lowest BCUT2D eigenvalue weighted by Crippen LogP contribution is -2.29. The monoisotopic (exact) mass is 430 g/mol. The third kappa shape index (κ3) is 3.91. The minimum atomic E-state index is -0.896. The van der Waals surface area contributed by atoms with E-state index in [0.29, 0.717) is 34.7 Å². The van der Waals surface area contributed by atoms with E-state index in [9.17, 15) is 13.6 Å². The van der Waals surface area contributed by atoms with Crippen molar-refractivity contribution in [2.75, 3.05) is 6.54 Å². The quantitative estimate of drug-likeness (QED) is 0.365. The minimum Gasteiger partial charge on any atom is -0.438 e. The zero-order valence-corrected chi connectivity index (χ0v) is 17.2. The Bertz CT molecular complexity index is 1310. The first-order valence-electron chi connectivity index (χ1n) is 10.5. The Morgan fingerprint density at radius 2 is 1.78 bits per heavy atom. The van der Waals surface area contributed by atoms with E-state index in [2.05, 4.69) is 4.98 Å². The maximum absolute atomic E-state index is 13.6. The molecule has 1 amide bonds. The van der Waals surface area contributed by atoms with Crippen molar-refractivity contribution in [1.29, 1.82) is 0 Å². The van der Waals surface area contributed by atoms with Gasteiger partial charge in [-0.1, -0.05) is 42.5 Å². The van der Waals surface area contributed by atoms with Gasteiger partial charge in [0.1, 0.15) is 11.6 Å². The number of nitrogens with zero attached hydrogens (tertiary/aromatic N) is 2. The Morgan fingerprint density at radius 3 is 2.59 bits per heavy atom. The number of hydrogen-bond donors (Lipinski definition) is 0. The Hall–Kier alpha value is -3.80. The average Bonchev–Trinajstić information content (AvgIpc) is 3.46. The summed E-state index contributed by atoms with van der Waals surface area (Å²) in [6.07, 6.45) is 5.03. The highest BCUT2D eigenvalue weighted by molar-refractivity contribution is 5.92. The van der Waals surface area contributed by atoms with Crippen molar-refractivity contribution in [3.8, 4) is 11.1 Å². The number of oxazole rings is 1. The second-order valence-corrected chi connectivity index (χ2v) is 7.80. The van der Waals surface area contributed by atoms with Crippen LogP contribution in [0.1, 0.15) is 30.3 Å². The molecule has 5 rings (SSSR count). The molecule has 0 spiro atoms. The van der Waals surface area contributed by atoms with E-state index < -0.39 is 11.6 Å². The van der Waals surface area contributed by atoms with Crippen LogP contribution in [0.5, 0.6) is 0 Å². The van der Waals surface area contributed by atoms with Crippen molar-refractivity contribution < 1.29 is 18.0 Å². The van der Waals surface area contributed by atoms with Crippen molar-refractivity contribution in [1.82, 2.24) is 9.88 Å². The van der Waals surface area contributed by atoms with E-state index >= 15 is 0 Å². The molecule has 0 N–H and O–H groups in total. The summed E-state index contributed by atoms with van der Waals surface area (Å²) in [5.41, 5.74) is 3.43. The fourth-order valence-corrected chi connectivity index (χ4v) is 4.06. The van der Waals surface area contributed by atoms with E-state index in [1.165, 1.54) is 6.07 Å². The molecule has 3 aromatic carbocycles. The normalized spacial score (nSPS) is 16.3. The predicted molar refractivity (Wildman–Crippen MR) is 119 cm³/mol. The van der Waals surface area contributed by atoms with Crippen molar-refractivity contribution in [3.05, 3.63) is 95.9 Å². The van der Waals surface area contributed by atoms with Gasteiger partial charge >= 0.3 is 0 Å². The Kier molecular flexibility index (Phi) is 5.27. The first-order valence-corrected chi connectivity index (χ1v) is 10.5. The van der Waals surface area contributed by atoms with Gasteiger partial charge in [0, 0.05) is 12.6 Å². The van der Waals surface area contributed by atoms with Gasteiger partial charge in [-0.2, -0.15) is 0 Å². The summed E-state index contributed by atoms with van der Waals surface area (Å²) in [6.45, 7) is 0.640. The third-order valence-corrected chi connectivity index (χ3v) is 5.70. The molecular weight excluding hydrogens is 410 g/mol. The number of halogens is 2.